The zero-order valence-electron chi connectivity index (χ0n) is 14.7. The summed E-state index contributed by atoms with van der Waals surface area (Å²) in [6.45, 7) is 13.6. The summed E-state index contributed by atoms with van der Waals surface area (Å²) >= 11 is 2.09. The Morgan fingerprint density at radius 3 is 2.14 bits per heavy atom. The van der Waals surface area contributed by atoms with Gasteiger partial charge in [0.1, 0.15) is 11.4 Å². The number of ether oxygens (including phenoxy) is 1. The lowest BCUT2D eigenvalue weighted by Gasteiger charge is -2.21. The largest absolute Gasteiger partial charge is 0.488 e. The minimum Gasteiger partial charge on any atom is -0.488 e. The van der Waals surface area contributed by atoms with Crippen molar-refractivity contribution in [3.8, 4) is 5.75 Å². The van der Waals surface area contributed by atoms with Crippen molar-refractivity contribution in [2.75, 3.05) is 11.5 Å². The molecule has 120 valence electrons. The van der Waals surface area contributed by atoms with E-state index in [1.807, 2.05) is 0 Å². The molecule has 0 aliphatic carbocycles. The molecule has 1 nitrogen and oxygen atoms in total. The number of rotatable bonds is 8. The van der Waals surface area contributed by atoms with E-state index in [0.717, 1.165) is 12.2 Å². The number of thioether (sulfide) groups is 1. The van der Waals surface area contributed by atoms with E-state index in [9.17, 15) is 0 Å². The third-order valence-electron chi connectivity index (χ3n) is 3.10. The number of benzene rings is 1. The van der Waals surface area contributed by atoms with Crippen molar-refractivity contribution in [3.05, 3.63) is 29.8 Å². The zero-order valence-corrected chi connectivity index (χ0v) is 16.5. The SMILES string of the molecule is CC(C)(C)Oc1ccc(CCSCCC[Si](C)(C)C)cc1. The fourth-order valence-electron chi connectivity index (χ4n) is 2.07. The maximum atomic E-state index is 5.84. The number of hydrogen-bond acceptors (Lipinski definition) is 2. The summed E-state index contributed by atoms with van der Waals surface area (Å²) in [5, 5.41) is 0. The van der Waals surface area contributed by atoms with Crippen LogP contribution < -0.4 is 4.74 Å². The lowest BCUT2D eigenvalue weighted by atomic mass is 10.1. The highest BCUT2D eigenvalue weighted by Crippen LogP contribution is 2.20. The summed E-state index contributed by atoms with van der Waals surface area (Å²) in [5.41, 5.74) is 1.29. The van der Waals surface area contributed by atoms with E-state index in [1.165, 1.54) is 29.5 Å². The van der Waals surface area contributed by atoms with Gasteiger partial charge in [0, 0.05) is 8.07 Å². The van der Waals surface area contributed by atoms with E-state index >= 15 is 0 Å². The summed E-state index contributed by atoms with van der Waals surface area (Å²) in [5.74, 6) is 3.51. The first kappa shape index (κ1) is 18.6. The first-order valence-electron chi connectivity index (χ1n) is 8.01. The standard InChI is InChI=1S/C18H32OSSi/c1-18(2,3)19-17-10-8-16(9-11-17)12-14-20-13-7-15-21(4,5)6/h8-11H,7,12-15H2,1-6H3. The second kappa shape index (κ2) is 8.28. The molecule has 0 N–H and O–H groups in total. The van der Waals surface area contributed by atoms with Gasteiger partial charge in [0.05, 0.1) is 0 Å². The van der Waals surface area contributed by atoms with Gasteiger partial charge >= 0.3 is 0 Å². The maximum Gasteiger partial charge on any atom is 0.120 e. The van der Waals surface area contributed by atoms with Crippen molar-refractivity contribution in [1.29, 1.82) is 0 Å². The average Bonchev–Trinajstić information content (AvgIpc) is 2.32. The lowest BCUT2D eigenvalue weighted by molar-refractivity contribution is 0.131. The third kappa shape index (κ3) is 10.0. The molecule has 0 spiro atoms. The van der Waals surface area contributed by atoms with E-state index < -0.39 is 8.07 Å². The van der Waals surface area contributed by atoms with Crippen molar-refractivity contribution in [2.45, 2.75) is 64.9 Å². The van der Waals surface area contributed by atoms with Gasteiger partial charge in [0.2, 0.25) is 0 Å². The highest BCUT2D eigenvalue weighted by Gasteiger charge is 2.12. The molecule has 0 aromatic heterocycles. The van der Waals surface area contributed by atoms with Crippen LogP contribution in [0.3, 0.4) is 0 Å². The summed E-state index contributed by atoms with van der Waals surface area (Å²) in [6.07, 6.45) is 2.55. The predicted molar refractivity (Wildman–Crippen MR) is 101 cm³/mol. The molecule has 1 aromatic rings. The van der Waals surface area contributed by atoms with Gasteiger partial charge in [-0.3, -0.25) is 0 Å². The molecule has 1 aromatic carbocycles. The molecule has 21 heavy (non-hydrogen) atoms. The van der Waals surface area contributed by atoms with Crippen LogP contribution in [0.15, 0.2) is 24.3 Å². The number of aryl methyl sites for hydroxylation is 1. The molecule has 0 bridgehead atoms. The van der Waals surface area contributed by atoms with Crippen LogP contribution in [0.1, 0.15) is 32.8 Å². The second-order valence-corrected chi connectivity index (χ2v) is 14.7. The molecule has 0 unspecified atom stereocenters. The van der Waals surface area contributed by atoms with Gasteiger partial charge in [-0.05, 0) is 62.8 Å². The Balaban J connectivity index is 2.21. The average molecular weight is 325 g/mol. The van der Waals surface area contributed by atoms with Gasteiger partial charge in [-0.15, -0.1) is 0 Å². The van der Waals surface area contributed by atoms with E-state index in [2.05, 4.69) is 76.4 Å². The minimum absolute atomic E-state index is 0.117. The summed E-state index contributed by atoms with van der Waals surface area (Å²) in [7, 11) is -0.835. The topological polar surface area (TPSA) is 9.23 Å². The van der Waals surface area contributed by atoms with Crippen molar-refractivity contribution in [2.24, 2.45) is 0 Å². The van der Waals surface area contributed by atoms with Crippen molar-refractivity contribution in [3.63, 3.8) is 0 Å². The van der Waals surface area contributed by atoms with Crippen molar-refractivity contribution in [1.82, 2.24) is 0 Å². The predicted octanol–water partition coefficient (Wildman–Crippen LogP) is 5.87. The van der Waals surface area contributed by atoms with Gasteiger partial charge in [0.15, 0.2) is 0 Å². The molecular formula is C18H32OSSi. The second-order valence-electron chi connectivity index (χ2n) is 7.88. The molecule has 0 heterocycles. The fourth-order valence-corrected chi connectivity index (χ4v) is 4.50. The van der Waals surface area contributed by atoms with E-state index in [4.69, 9.17) is 4.74 Å². The zero-order chi connectivity index (χ0) is 15.9. The van der Waals surface area contributed by atoms with Gasteiger partial charge < -0.3 is 4.74 Å². The molecule has 0 atom stereocenters. The molecular weight excluding hydrogens is 292 g/mol. The molecule has 1 rings (SSSR count). The Kier molecular flexibility index (Phi) is 7.35. The van der Waals surface area contributed by atoms with Crippen LogP contribution in [0.4, 0.5) is 0 Å². The van der Waals surface area contributed by atoms with Crippen molar-refractivity contribution >= 4 is 19.8 Å². The highest BCUT2D eigenvalue weighted by molar-refractivity contribution is 7.99. The van der Waals surface area contributed by atoms with Crippen LogP contribution in [0.5, 0.6) is 5.75 Å². The summed E-state index contributed by atoms with van der Waals surface area (Å²) in [6, 6.07) is 10.0. The third-order valence-corrected chi connectivity index (χ3v) is 6.02. The Bertz CT molecular complexity index is 401. The Labute approximate surface area is 136 Å². The molecule has 0 saturated heterocycles. The van der Waals surface area contributed by atoms with Crippen LogP contribution in [0, 0.1) is 0 Å². The first-order chi connectivity index (χ1) is 9.66. The Morgan fingerprint density at radius 1 is 1.00 bits per heavy atom. The first-order valence-corrected chi connectivity index (χ1v) is 12.9. The lowest BCUT2D eigenvalue weighted by Crippen LogP contribution is -2.22. The molecule has 0 saturated carbocycles. The van der Waals surface area contributed by atoms with Crippen LogP contribution in [-0.4, -0.2) is 25.2 Å². The van der Waals surface area contributed by atoms with Gasteiger partial charge in [0.25, 0.3) is 0 Å². The van der Waals surface area contributed by atoms with Crippen LogP contribution in [-0.2, 0) is 6.42 Å². The molecule has 3 heteroatoms. The quantitative estimate of drug-likeness (QED) is 0.437. The van der Waals surface area contributed by atoms with Gasteiger partial charge in [-0.25, -0.2) is 0 Å². The molecule has 0 aliphatic heterocycles. The fraction of sp³-hybridized carbons (Fsp3) is 0.667. The van der Waals surface area contributed by atoms with E-state index in [0.29, 0.717) is 0 Å². The monoisotopic (exact) mass is 324 g/mol. The van der Waals surface area contributed by atoms with Crippen LogP contribution in [0.25, 0.3) is 0 Å². The summed E-state index contributed by atoms with van der Waals surface area (Å²) in [4.78, 5) is 0. The van der Waals surface area contributed by atoms with Gasteiger partial charge in [-0.1, -0.05) is 37.8 Å². The number of hydrogen-bond donors (Lipinski definition) is 0. The Hall–Kier alpha value is -0.413. The van der Waals surface area contributed by atoms with Crippen LogP contribution >= 0.6 is 11.8 Å². The minimum atomic E-state index is -0.835. The molecule has 0 fully saturated rings. The maximum absolute atomic E-state index is 5.84. The highest BCUT2D eigenvalue weighted by atomic mass is 32.2. The molecule has 0 amide bonds. The normalized spacial score (nSPS) is 12.5. The van der Waals surface area contributed by atoms with Crippen molar-refractivity contribution < 1.29 is 4.74 Å². The smallest absolute Gasteiger partial charge is 0.120 e. The molecule has 0 radical (unpaired) electrons. The summed E-state index contributed by atoms with van der Waals surface area (Å²) < 4.78 is 5.84. The van der Waals surface area contributed by atoms with E-state index in [1.54, 1.807) is 0 Å². The van der Waals surface area contributed by atoms with Crippen LogP contribution in [0.2, 0.25) is 25.7 Å². The molecule has 0 aliphatic rings. The van der Waals surface area contributed by atoms with E-state index in [-0.39, 0.29) is 5.60 Å². The van der Waals surface area contributed by atoms with Gasteiger partial charge in [-0.2, -0.15) is 11.8 Å². The Morgan fingerprint density at radius 2 is 1.62 bits per heavy atom.